The number of benzene rings is 1. The number of carbonyl (C=O) groups is 3. The molecule has 2 aliphatic rings. The molecular weight excluding hydrogens is 376 g/mol. The van der Waals surface area contributed by atoms with E-state index in [0.29, 0.717) is 41.1 Å². The Morgan fingerprint density at radius 3 is 2.52 bits per heavy atom. The number of nitrogens with zero attached hydrogens (tertiary/aromatic N) is 1. The summed E-state index contributed by atoms with van der Waals surface area (Å²) in [5, 5.41) is 5.35. The summed E-state index contributed by atoms with van der Waals surface area (Å²) in [7, 11) is 0. The summed E-state index contributed by atoms with van der Waals surface area (Å²) < 4.78 is 24.6. The minimum absolute atomic E-state index is 0.349. The highest BCUT2D eigenvalue weighted by Crippen LogP contribution is 2.36. The lowest BCUT2D eigenvalue weighted by Crippen LogP contribution is -2.49. The molecule has 1 aliphatic carbocycles. The number of anilines is 1. The third kappa shape index (κ3) is 4.40. The van der Waals surface area contributed by atoms with E-state index in [1.165, 1.54) is 24.3 Å². The predicted molar refractivity (Wildman–Crippen MR) is 97.5 cm³/mol. The number of hydrogen-bond acceptors (Lipinski definition) is 4. The van der Waals surface area contributed by atoms with Crippen LogP contribution in [0.5, 0.6) is 0 Å². The van der Waals surface area contributed by atoms with Crippen molar-refractivity contribution >= 4 is 35.3 Å². The van der Waals surface area contributed by atoms with E-state index < -0.39 is 23.2 Å². The van der Waals surface area contributed by atoms with Crippen molar-refractivity contribution in [2.75, 3.05) is 11.9 Å². The van der Waals surface area contributed by atoms with E-state index in [9.17, 15) is 23.2 Å². The molecule has 4 amide bonds. The fraction of sp³-hybridized carbons (Fsp3) is 0.500. The van der Waals surface area contributed by atoms with Crippen LogP contribution in [0.3, 0.4) is 0 Å². The number of nitrogens with one attached hydrogen (secondary N) is 2. The average Bonchev–Trinajstić information content (AvgIpc) is 2.83. The summed E-state index contributed by atoms with van der Waals surface area (Å²) in [6.07, 6.45) is 2.88. The SMILES string of the molecule is CC1CCC2(CC1)NC(=O)N(CC(=O)Nc1ccc(SC(F)F)cc1)C2=O. The topological polar surface area (TPSA) is 78.5 Å². The average molecular weight is 397 g/mol. The maximum absolute atomic E-state index is 12.7. The summed E-state index contributed by atoms with van der Waals surface area (Å²) in [6, 6.07) is 5.39. The summed E-state index contributed by atoms with van der Waals surface area (Å²) >= 11 is 0.413. The molecule has 1 heterocycles. The van der Waals surface area contributed by atoms with Crippen LogP contribution < -0.4 is 10.6 Å². The Balaban J connectivity index is 1.59. The van der Waals surface area contributed by atoms with E-state index in [1.54, 1.807) is 0 Å². The number of imide groups is 1. The van der Waals surface area contributed by atoms with Crippen LogP contribution in [0.4, 0.5) is 19.3 Å². The van der Waals surface area contributed by atoms with E-state index in [1.807, 2.05) is 0 Å². The number of hydrogen-bond donors (Lipinski definition) is 2. The van der Waals surface area contributed by atoms with Gasteiger partial charge in [0.2, 0.25) is 5.91 Å². The Kier molecular flexibility index (Phi) is 5.69. The number of rotatable bonds is 5. The van der Waals surface area contributed by atoms with Gasteiger partial charge in [-0.2, -0.15) is 8.78 Å². The van der Waals surface area contributed by atoms with Gasteiger partial charge in [0.05, 0.1) is 0 Å². The third-order valence-electron chi connectivity index (χ3n) is 5.04. The molecular formula is C18H21F2N3O3S. The zero-order valence-corrected chi connectivity index (χ0v) is 15.7. The monoisotopic (exact) mass is 397 g/mol. The molecule has 3 rings (SSSR count). The molecule has 146 valence electrons. The molecule has 6 nitrogen and oxygen atoms in total. The Labute approximate surface area is 160 Å². The standard InChI is InChI=1S/C18H21F2N3O3S/c1-11-6-8-18(9-7-11)15(25)23(17(26)22-18)10-14(24)21-12-2-4-13(5-3-12)27-16(19)20/h2-5,11,16H,6-10H2,1H3,(H,21,24)(H,22,26). The maximum Gasteiger partial charge on any atom is 0.325 e. The first-order valence-corrected chi connectivity index (χ1v) is 9.66. The van der Waals surface area contributed by atoms with Crippen LogP contribution in [-0.4, -0.2) is 40.6 Å². The number of thioether (sulfide) groups is 1. The van der Waals surface area contributed by atoms with Crippen molar-refractivity contribution in [3.05, 3.63) is 24.3 Å². The lowest BCUT2D eigenvalue weighted by atomic mass is 9.77. The van der Waals surface area contributed by atoms with E-state index in [4.69, 9.17) is 0 Å². The van der Waals surface area contributed by atoms with Crippen molar-refractivity contribution in [1.82, 2.24) is 10.2 Å². The summed E-state index contributed by atoms with van der Waals surface area (Å²) in [6.45, 7) is 1.74. The van der Waals surface area contributed by atoms with E-state index in [2.05, 4.69) is 17.6 Å². The molecule has 1 aromatic carbocycles. The summed E-state index contributed by atoms with van der Waals surface area (Å²) in [5.74, 6) is -2.86. The smallest absolute Gasteiger partial charge is 0.325 e. The molecule has 1 spiro atoms. The molecule has 1 aliphatic heterocycles. The zero-order chi connectivity index (χ0) is 19.6. The number of amides is 4. The summed E-state index contributed by atoms with van der Waals surface area (Å²) in [5.41, 5.74) is -0.468. The van der Waals surface area contributed by atoms with Crippen LogP contribution >= 0.6 is 11.8 Å². The fourth-order valence-corrected chi connectivity index (χ4v) is 3.98. The van der Waals surface area contributed by atoms with Gasteiger partial charge in [-0.25, -0.2) is 4.79 Å². The second-order valence-corrected chi connectivity index (χ2v) is 8.10. The van der Waals surface area contributed by atoms with Gasteiger partial charge in [-0.3, -0.25) is 14.5 Å². The highest BCUT2D eigenvalue weighted by atomic mass is 32.2. The fourth-order valence-electron chi connectivity index (χ4n) is 3.48. The molecule has 0 atom stereocenters. The molecule has 0 radical (unpaired) electrons. The third-order valence-corrected chi connectivity index (χ3v) is 5.76. The minimum atomic E-state index is -2.51. The lowest BCUT2D eigenvalue weighted by molar-refractivity contribution is -0.135. The normalized spacial score (nSPS) is 25.2. The minimum Gasteiger partial charge on any atom is -0.325 e. The second kappa shape index (κ2) is 7.84. The largest absolute Gasteiger partial charge is 0.325 e. The highest BCUT2D eigenvalue weighted by Gasteiger charge is 2.52. The van der Waals surface area contributed by atoms with Crippen LogP contribution in [0.25, 0.3) is 0 Å². The van der Waals surface area contributed by atoms with Gasteiger partial charge in [0.25, 0.3) is 11.7 Å². The van der Waals surface area contributed by atoms with Gasteiger partial charge in [-0.1, -0.05) is 18.7 Å². The molecule has 9 heteroatoms. The molecule has 2 fully saturated rings. The van der Waals surface area contributed by atoms with Crippen LogP contribution in [0.15, 0.2) is 29.2 Å². The number of carbonyl (C=O) groups excluding carboxylic acids is 3. The van der Waals surface area contributed by atoms with E-state index >= 15 is 0 Å². The van der Waals surface area contributed by atoms with Crippen LogP contribution in [0.1, 0.15) is 32.6 Å². The molecule has 0 bridgehead atoms. The first-order valence-electron chi connectivity index (χ1n) is 8.78. The molecule has 0 aromatic heterocycles. The van der Waals surface area contributed by atoms with Gasteiger partial charge in [0.15, 0.2) is 0 Å². The number of halogens is 2. The Morgan fingerprint density at radius 2 is 1.93 bits per heavy atom. The van der Waals surface area contributed by atoms with Crippen molar-refractivity contribution in [3.8, 4) is 0 Å². The van der Waals surface area contributed by atoms with Crippen molar-refractivity contribution < 1.29 is 23.2 Å². The number of urea groups is 1. The maximum atomic E-state index is 12.7. The molecule has 2 N–H and O–H groups in total. The Hall–Kier alpha value is -2.16. The second-order valence-electron chi connectivity index (χ2n) is 7.04. The first-order chi connectivity index (χ1) is 12.8. The van der Waals surface area contributed by atoms with Crippen molar-refractivity contribution in [3.63, 3.8) is 0 Å². The van der Waals surface area contributed by atoms with Crippen molar-refractivity contribution in [2.24, 2.45) is 5.92 Å². The Bertz CT molecular complexity index is 734. The van der Waals surface area contributed by atoms with Gasteiger partial charge in [-0.15, -0.1) is 0 Å². The van der Waals surface area contributed by atoms with E-state index in [-0.39, 0.29) is 12.5 Å². The van der Waals surface area contributed by atoms with E-state index in [0.717, 1.165) is 17.7 Å². The molecule has 1 saturated carbocycles. The van der Waals surface area contributed by atoms with Crippen molar-refractivity contribution in [2.45, 2.75) is 48.8 Å². The van der Waals surface area contributed by atoms with Crippen LogP contribution in [0, 0.1) is 5.92 Å². The quantitative estimate of drug-likeness (QED) is 0.589. The van der Waals surface area contributed by atoms with Gasteiger partial charge in [-0.05, 0) is 55.9 Å². The molecule has 27 heavy (non-hydrogen) atoms. The van der Waals surface area contributed by atoms with Gasteiger partial charge >= 0.3 is 6.03 Å². The lowest BCUT2D eigenvalue weighted by Gasteiger charge is -2.33. The predicted octanol–water partition coefficient (Wildman–Crippen LogP) is 3.44. The first kappa shape index (κ1) is 19.6. The van der Waals surface area contributed by atoms with Crippen LogP contribution in [0.2, 0.25) is 0 Å². The molecule has 1 aromatic rings. The zero-order valence-electron chi connectivity index (χ0n) is 14.8. The van der Waals surface area contributed by atoms with Crippen molar-refractivity contribution in [1.29, 1.82) is 0 Å². The van der Waals surface area contributed by atoms with Gasteiger partial charge in [0.1, 0.15) is 12.1 Å². The van der Waals surface area contributed by atoms with Crippen LogP contribution in [-0.2, 0) is 9.59 Å². The molecule has 1 saturated heterocycles. The summed E-state index contributed by atoms with van der Waals surface area (Å²) in [4.78, 5) is 38.5. The van der Waals surface area contributed by atoms with Gasteiger partial charge in [0, 0.05) is 10.6 Å². The Morgan fingerprint density at radius 1 is 1.30 bits per heavy atom. The number of alkyl halides is 2. The highest BCUT2D eigenvalue weighted by molar-refractivity contribution is 7.99. The molecule has 0 unspecified atom stereocenters. The van der Waals surface area contributed by atoms with Gasteiger partial charge < -0.3 is 10.6 Å².